The summed E-state index contributed by atoms with van der Waals surface area (Å²) in [6.45, 7) is 0.880. The van der Waals surface area contributed by atoms with Gasteiger partial charge in [-0.05, 0) is 43.2 Å². The average molecular weight is 513 g/mol. The van der Waals surface area contributed by atoms with Crippen LogP contribution in [0.2, 0.25) is 0 Å². The van der Waals surface area contributed by atoms with Crippen LogP contribution in [0.1, 0.15) is 18.4 Å². The highest BCUT2D eigenvalue weighted by Crippen LogP contribution is 2.37. The molecule has 1 aromatic heterocycles. The summed E-state index contributed by atoms with van der Waals surface area (Å²) in [5, 5.41) is 1.92. The van der Waals surface area contributed by atoms with Gasteiger partial charge >= 0.3 is 6.18 Å². The maximum atomic E-state index is 13.0. The Kier molecular flexibility index (Phi) is 6.77. The molecule has 2 heterocycles. The minimum atomic E-state index is -4.59. The lowest BCUT2D eigenvalue weighted by molar-refractivity contribution is -0.137. The lowest BCUT2D eigenvalue weighted by atomic mass is 10.1. The minimum Gasteiger partial charge on any atom is -0.497 e. The van der Waals surface area contributed by atoms with Crippen LogP contribution in [0.5, 0.6) is 11.5 Å². The second-order valence-electron chi connectivity index (χ2n) is 7.84. The summed E-state index contributed by atoms with van der Waals surface area (Å²) < 4.78 is 75.8. The number of nitrogens with zero attached hydrogens (tertiary/aromatic N) is 2. The topological polar surface area (TPSA) is 68.7 Å². The van der Waals surface area contributed by atoms with Crippen molar-refractivity contribution < 1.29 is 31.1 Å². The number of benzene rings is 2. The molecule has 3 aromatic rings. The van der Waals surface area contributed by atoms with Gasteiger partial charge in [0.15, 0.2) is 15.0 Å². The van der Waals surface area contributed by atoms with Crippen LogP contribution >= 0.6 is 11.3 Å². The van der Waals surface area contributed by atoms with E-state index in [1.165, 1.54) is 17.4 Å². The zero-order valence-corrected chi connectivity index (χ0v) is 20.1. The first-order valence-corrected chi connectivity index (χ1v) is 12.9. The number of alkyl halides is 3. The second kappa shape index (κ2) is 9.46. The van der Waals surface area contributed by atoms with Gasteiger partial charge in [0, 0.05) is 30.1 Å². The van der Waals surface area contributed by atoms with E-state index in [2.05, 4.69) is 0 Å². The Labute approximate surface area is 199 Å². The van der Waals surface area contributed by atoms with Gasteiger partial charge in [0.1, 0.15) is 11.5 Å². The predicted molar refractivity (Wildman–Crippen MR) is 125 cm³/mol. The third kappa shape index (κ3) is 4.85. The highest BCUT2D eigenvalue weighted by atomic mass is 32.2. The quantitative estimate of drug-likeness (QED) is 0.447. The number of ether oxygens (including phenoxy) is 2. The minimum absolute atomic E-state index is 0.288. The lowest BCUT2D eigenvalue weighted by Gasteiger charge is -2.31. The Bertz CT molecular complexity index is 1270. The number of hydrogen-bond donors (Lipinski definition) is 0. The molecule has 1 aliphatic heterocycles. The number of methoxy groups -OCH3 is 2. The molecule has 0 spiro atoms. The van der Waals surface area contributed by atoms with E-state index in [0.717, 1.165) is 34.6 Å². The van der Waals surface area contributed by atoms with Gasteiger partial charge in [-0.3, -0.25) is 0 Å². The third-order valence-electron chi connectivity index (χ3n) is 5.82. The van der Waals surface area contributed by atoms with Crippen molar-refractivity contribution in [2.75, 3.05) is 32.2 Å². The van der Waals surface area contributed by atoms with Crippen LogP contribution in [0, 0.1) is 0 Å². The van der Waals surface area contributed by atoms with Crippen molar-refractivity contribution in [2.24, 2.45) is 0 Å². The molecule has 1 saturated heterocycles. The van der Waals surface area contributed by atoms with Crippen molar-refractivity contribution in [1.29, 1.82) is 0 Å². The molecular weight excluding hydrogens is 489 g/mol. The molecule has 1 aliphatic rings. The molecule has 0 bridgehead atoms. The van der Waals surface area contributed by atoms with Crippen LogP contribution in [-0.4, -0.2) is 46.0 Å². The van der Waals surface area contributed by atoms with Crippen molar-refractivity contribution in [3.8, 4) is 22.8 Å². The van der Waals surface area contributed by atoms with E-state index in [1.807, 2.05) is 22.4 Å². The van der Waals surface area contributed by atoms with Crippen LogP contribution in [0.25, 0.3) is 11.3 Å². The first-order valence-electron chi connectivity index (χ1n) is 10.5. The molecular formula is C23H23F3N2O4S2. The fraction of sp³-hybridized carbons (Fsp3) is 0.348. The van der Waals surface area contributed by atoms with E-state index in [1.54, 1.807) is 20.3 Å². The van der Waals surface area contributed by atoms with Gasteiger partial charge in [-0.1, -0.05) is 6.07 Å². The number of rotatable bonds is 6. The van der Waals surface area contributed by atoms with Crippen LogP contribution in [-0.2, 0) is 16.0 Å². The highest BCUT2D eigenvalue weighted by Gasteiger charge is 2.35. The first kappa shape index (κ1) is 24.3. The average Bonchev–Trinajstić information content (AvgIpc) is 3.33. The Morgan fingerprint density at radius 1 is 1.06 bits per heavy atom. The second-order valence-corrected chi connectivity index (χ2v) is 10.9. The number of anilines is 1. The van der Waals surface area contributed by atoms with E-state index in [-0.39, 0.29) is 4.90 Å². The molecule has 0 radical (unpaired) electrons. The summed E-state index contributed by atoms with van der Waals surface area (Å²) in [5.41, 5.74) is 0.585. The monoisotopic (exact) mass is 512 g/mol. The van der Waals surface area contributed by atoms with Gasteiger partial charge in [-0.15, -0.1) is 11.3 Å². The van der Waals surface area contributed by atoms with Crippen LogP contribution in [0.15, 0.2) is 52.7 Å². The number of halogens is 3. The molecule has 0 saturated carbocycles. The molecule has 0 unspecified atom stereocenters. The number of hydrogen-bond acceptors (Lipinski definition) is 7. The van der Waals surface area contributed by atoms with Crippen molar-refractivity contribution in [3.05, 3.63) is 53.4 Å². The van der Waals surface area contributed by atoms with Gasteiger partial charge < -0.3 is 14.4 Å². The maximum Gasteiger partial charge on any atom is 0.416 e. The smallest absolute Gasteiger partial charge is 0.416 e. The summed E-state index contributed by atoms with van der Waals surface area (Å²) in [6.07, 6.45) is -3.98. The number of sulfone groups is 1. The van der Waals surface area contributed by atoms with Gasteiger partial charge in [-0.25, -0.2) is 13.4 Å². The molecule has 1 fully saturated rings. The van der Waals surface area contributed by atoms with Gasteiger partial charge in [0.2, 0.25) is 0 Å². The molecule has 2 aromatic carbocycles. The zero-order valence-electron chi connectivity index (χ0n) is 18.5. The standard InChI is InChI=1S/C23H23F3N2O4S2/c1-31-16-6-7-19(21(13-16)32-2)20-14-33-22(27-20)28-10-8-17(9-11-28)34(29,30)18-5-3-4-15(12-18)23(24,25)26/h3-7,12-14,17H,8-11H2,1-2H3. The third-order valence-corrected chi connectivity index (χ3v) is 8.98. The fourth-order valence-corrected chi connectivity index (χ4v) is 6.60. The molecule has 182 valence electrons. The molecule has 34 heavy (non-hydrogen) atoms. The van der Waals surface area contributed by atoms with Crippen molar-refractivity contribution in [3.63, 3.8) is 0 Å². The predicted octanol–water partition coefficient (Wildman–Crippen LogP) is 5.29. The van der Waals surface area contributed by atoms with E-state index in [9.17, 15) is 21.6 Å². The molecule has 0 amide bonds. The van der Waals surface area contributed by atoms with E-state index in [4.69, 9.17) is 14.5 Å². The van der Waals surface area contributed by atoms with Crippen molar-refractivity contribution in [1.82, 2.24) is 4.98 Å². The Morgan fingerprint density at radius 2 is 1.79 bits per heavy atom. The largest absolute Gasteiger partial charge is 0.497 e. The van der Waals surface area contributed by atoms with E-state index in [0.29, 0.717) is 37.4 Å². The zero-order chi connectivity index (χ0) is 24.5. The highest BCUT2D eigenvalue weighted by molar-refractivity contribution is 7.92. The lowest BCUT2D eigenvalue weighted by Crippen LogP contribution is -2.39. The molecule has 4 rings (SSSR count). The number of piperidine rings is 1. The molecule has 0 atom stereocenters. The first-order chi connectivity index (χ1) is 16.1. The summed E-state index contributed by atoms with van der Waals surface area (Å²) in [4.78, 5) is 6.42. The SMILES string of the molecule is COc1ccc(-c2csc(N3CCC(S(=O)(=O)c4cccc(C(F)(F)F)c4)CC3)n2)c(OC)c1. The van der Waals surface area contributed by atoms with Crippen molar-refractivity contribution in [2.45, 2.75) is 29.2 Å². The maximum absolute atomic E-state index is 13.0. The van der Waals surface area contributed by atoms with Gasteiger partial charge in [0.05, 0.1) is 35.6 Å². The Balaban J connectivity index is 1.47. The summed E-state index contributed by atoms with van der Waals surface area (Å²) in [7, 11) is -0.730. The van der Waals surface area contributed by atoms with Gasteiger partial charge in [0.25, 0.3) is 0 Å². The molecule has 6 nitrogen and oxygen atoms in total. The van der Waals surface area contributed by atoms with E-state index < -0.39 is 26.8 Å². The summed E-state index contributed by atoms with van der Waals surface area (Å²) >= 11 is 1.44. The molecule has 0 N–H and O–H groups in total. The van der Waals surface area contributed by atoms with Crippen LogP contribution in [0.3, 0.4) is 0 Å². The Hall–Kier alpha value is -2.79. The number of aromatic nitrogens is 1. The van der Waals surface area contributed by atoms with Crippen molar-refractivity contribution >= 4 is 26.3 Å². The van der Waals surface area contributed by atoms with E-state index >= 15 is 0 Å². The number of thiazole rings is 1. The fourth-order valence-electron chi connectivity index (χ4n) is 3.94. The van der Waals surface area contributed by atoms with Crippen LogP contribution in [0.4, 0.5) is 18.3 Å². The summed E-state index contributed by atoms with van der Waals surface area (Å²) in [6, 6.07) is 9.42. The summed E-state index contributed by atoms with van der Waals surface area (Å²) in [5.74, 6) is 1.29. The van der Waals surface area contributed by atoms with Gasteiger partial charge in [-0.2, -0.15) is 13.2 Å². The van der Waals surface area contributed by atoms with Crippen LogP contribution < -0.4 is 14.4 Å². The molecule has 0 aliphatic carbocycles. The molecule has 11 heteroatoms. The Morgan fingerprint density at radius 3 is 2.44 bits per heavy atom. The normalized spacial score (nSPS) is 15.4.